The van der Waals surface area contributed by atoms with E-state index in [1.807, 2.05) is 18.2 Å². The van der Waals surface area contributed by atoms with Crippen LogP contribution in [0, 0.1) is 0 Å². The number of fused-ring (bicyclic) bond motifs is 1. The van der Waals surface area contributed by atoms with E-state index in [9.17, 15) is 4.79 Å². The van der Waals surface area contributed by atoms with Crippen LogP contribution in [-0.4, -0.2) is 20.4 Å². The minimum Gasteiger partial charge on any atom is -0.328 e. The van der Waals surface area contributed by atoms with Crippen LogP contribution in [0.2, 0.25) is 0 Å². The number of rotatable bonds is 6. The van der Waals surface area contributed by atoms with Crippen LogP contribution in [0.5, 0.6) is 0 Å². The van der Waals surface area contributed by atoms with Crippen molar-refractivity contribution < 1.29 is 4.79 Å². The molecule has 0 fully saturated rings. The summed E-state index contributed by atoms with van der Waals surface area (Å²) >= 11 is 0. The normalized spacial score (nSPS) is 10.9. The number of anilines is 1. The van der Waals surface area contributed by atoms with Crippen molar-refractivity contribution >= 4 is 22.6 Å². The third-order valence-corrected chi connectivity index (χ3v) is 4.82. The van der Waals surface area contributed by atoms with E-state index in [2.05, 4.69) is 52.1 Å². The van der Waals surface area contributed by atoms with E-state index in [4.69, 9.17) is 4.98 Å². The molecule has 5 heteroatoms. The Labute approximate surface area is 164 Å². The maximum absolute atomic E-state index is 12.2. The fraction of sp³-hybridized carbons (Fsp3) is 0.174. The molecule has 2 heterocycles. The van der Waals surface area contributed by atoms with Crippen LogP contribution < -0.4 is 5.32 Å². The topological polar surface area (TPSA) is 59.8 Å². The third kappa shape index (κ3) is 3.78. The lowest BCUT2D eigenvalue weighted by Crippen LogP contribution is -2.12. The molecule has 0 aliphatic rings. The fourth-order valence-corrected chi connectivity index (χ4v) is 3.38. The third-order valence-electron chi connectivity index (χ3n) is 4.82. The van der Waals surface area contributed by atoms with E-state index in [-0.39, 0.29) is 5.91 Å². The minimum atomic E-state index is -0.155. The van der Waals surface area contributed by atoms with Gasteiger partial charge in [-0.1, -0.05) is 24.3 Å². The zero-order chi connectivity index (χ0) is 19.3. The van der Waals surface area contributed by atoms with Gasteiger partial charge in [0.05, 0.1) is 16.6 Å². The molecule has 0 spiro atoms. The van der Waals surface area contributed by atoms with E-state index >= 15 is 0 Å². The smallest absolute Gasteiger partial charge is 0.257 e. The molecule has 1 N–H and O–H groups in total. The van der Waals surface area contributed by atoms with Crippen LogP contribution in [-0.2, 0) is 19.4 Å². The van der Waals surface area contributed by atoms with E-state index < -0.39 is 0 Å². The number of carbonyl (C=O) groups is 1. The lowest BCUT2D eigenvalue weighted by atomic mass is 10.1. The number of para-hydroxylation sites is 2. The van der Waals surface area contributed by atoms with Gasteiger partial charge in [-0.05, 0) is 55.3 Å². The highest BCUT2D eigenvalue weighted by Crippen LogP contribution is 2.18. The van der Waals surface area contributed by atoms with Crippen molar-refractivity contribution in [3.63, 3.8) is 0 Å². The molecule has 28 heavy (non-hydrogen) atoms. The second kappa shape index (κ2) is 8.05. The second-order valence-corrected chi connectivity index (χ2v) is 6.65. The van der Waals surface area contributed by atoms with Crippen LogP contribution in [0.4, 0.5) is 5.69 Å². The van der Waals surface area contributed by atoms with Gasteiger partial charge in [-0.2, -0.15) is 0 Å². The molecule has 0 saturated heterocycles. The molecule has 1 amide bonds. The van der Waals surface area contributed by atoms with E-state index in [0.29, 0.717) is 5.56 Å². The zero-order valence-corrected chi connectivity index (χ0v) is 15.8. The van der Waals surface area contributed by atoms with Crippen molar-refractivity contribution in [3.05, 3.63) is 90.0 Å². The van der Waals surface area contributed by atoms with Crippen LogP contribution in [0.3, 0.4) is 0 Å². The Morgan fingerprint density at radius 3 is 2.57 bits per heavy atom. The summed E-state index contributed by atoms with van der Waals surface area (Å²) < 4.78 is 2.28. The molecular weight excluding hydrogens is 348 g/mol. The van der Waals surface area contributed by atoms with E-state index in [1.165, 1.54) is 11.1 Å². The molecule has 4 rings (SSSR count). The van der Waals surface area contributed by atoms with Crippen molar-refractivity contribution in [1.29, 1.82) is 0 Å². The number of nitrogens with zero attached hydrogens (tertiary/aromatic N) is 3. The average Bonchev–Trinajstić information content (AvgIpc) is 3.11. The molecule has 2 aromatic heterocycles. The summed E-state index contributed by atoms with van der Waals surface area (Å²) in [6.07, 6.45) is 4.99. The Hall–Kier alpha value is -3.47. The molecule has 0 aliphatic carbocycles. The number of aryl methyl sites for hydroxylation is 3. The summed E-state index contributed by atoms with van der Waals surface area (Å²) in [6.45, 7) is 3.06. The summed E-state index contributed by atoms with van der Waals surface area (Å²) in [5.41, 5.74) is 4.78. The van der Waals surface area contributed by atoms with Gasteiger partial charge in [-0.25, -0.2) is 4.98 Å². The molecule has 0 aliphatic heterocycles. The van der Waals surface area contributed by atoms with Crippen molar-refractivity contribution in [3.8, 4) is 0 Å². The van der Waals surface area contributed by atoms with Gasteiger partial charge in [-0.3, -0.25) is 9.78 Å². The van der Waals surface area contributed by atoms with Crippen LogP contribution in [0.15, 0.2) is 73.1 Å². The summed E-state index contributed by atoms with van der Waals surface area (Å²) in [5.74, 6) is 0.954. The first-order valence-corrected chi connectivity index (χ1v) is 9.49. The summed E-state index contributed by atoms with van der Waals surface area (Å²) in [6, 6.07) is 19.7. The monoisotopic (exact) mass is 370 g/mol. The van der Waals surface area contributed by atoms with Crippen molar-refractivity contribution in [2.45, 2.75) is 26.3 Å². The van der Waals surface area contributed by atoms with Crippen LogP contribution in [0.25, 0.3) is 11.0 Å². The fourth-order valence-electron chi connectivity index (χ4n) is 3.38. The van der Waals surface area contributed by atoms with Crippen LogP contribution in [0.1, 0.15) is 28.7 Å². The van der Waals surface area contributed by atoms with E-state index in [0.717, 1.165) is 36.4 Å². The highest BCUT2D eigenvalue weighted by atomic mass is 16.1. The highest BCUT2D eigenvalue weighted by Gasteiger charge is 2.09. The lowest BCUT2D eigenvalue weighted by molar-refractivity contribution is 0.102. The number of hydrogen-bond acceptors (Lipinski definition) is 3. The van der Waals surface area contributed by atoms with Gasteiger partial charge in [0.1, 0.15) is 5.82 Å². The second-order valence-electron chi connectivity index (χ2n) is 6.65. The SMILES string of the molecule is CCn1c(CCc2ccc(NC(=O)c3cccnc3)cc2)nc2ccccc21. The van der Waals surface area contributed by atoms with Gasteiger partial charge in [0.2, 0.25) is 0 Å². The van der Waals surface area contributed by atoms with Gasteiger partial charge < -0.3 is 9.88 Å². The Balaban J connectivity index is 1.42. The summed E-state index contributed by atoms with van der Waals surface area (Å²) in [7, 11) is 0. The molecule has 0 saturated carbocycles. The Morgan fingerprint density at radius 1 is 1.00 bits per heavy atom. The molecule has 0 atom stereocenters. The largest absolute Gasteiger partial charge is 0.328 e. The van der Waals surface area contributed by atoms with E-state index in [1.54, 1.807) is 24.5 Å². The predicted octanol–water partition coefficient (Wildman–Crippen LogP) is 4.49. The Morgan fingerprint density at radius 2 is 1.82 bits per heavy atom. The van der Waals surface area contributed by atoms with Crippen LogP contribution >= 0.6 is 0 Å². The number of amides is 1. The van der Waals surface area contributed by atoms with Crippen molar-refractivity contribution in [2.75, 3.05) is 5.32 Å². The highest BCUT2D eigenvalue weighted by molar-refractivity contribution is 6.04. The molecule has 140 valence electrons. The molecule has 0 radical (unpaired) electrons. The molecule has 4 aromatic rings. The maximum Gasteiger partial charge on any atom is 0.257 e. The lowest BCUT2D eigenvalue weighted by Gasteiger charge is -2.08. The van der Waals surface area contributed by atoms with Gasteiger partial charge >= 0.3 is 0 Å². The summed E-state index contributed by atoms with van der Waals surface area (Å²) in [4.78, 5) is 21.0. The maximum atomic E-state index is 12.2. The first-order valence-electron chi connectivity index (χ1n) is 9.49. The number of benzene rings is 2. The van der Waals surface area contributed by atoms with Gasteiger partial charge in [-0.15, -0.1) is 0 Å². The number of carbonyl (C=O) groups excluding carboxylic acids is 1. The standard InChI is InChI=1S/C23H22N4O/c1-2-27-21-8-4-3-7-20(21)26-22(27)14-11-17-9-12-19(13-10-17)25-23(28)18-6-5-15-24-16-18/h3-10,12-13,15-16H,2,11,14H2,1H3,(H,25,28). The Bertz CT molecular complexity index is 1080. The molecule has 0 unspecified atom stereocenters. The van der Waals surface area contributed by atoms with Crippen molar-refractivity contribution in [2.24, 2.45) is 0 Å². The van der Waals surface area contributed by atoms with Gasteiger partial charge in [0.15, 0.2) is 0 Å². The number of aromatic nitrogens is 3. The molecule has 5 nitrogen and oxygen atoms in total. The molecule has 2 aromatic carbocycles. The molecular formula is C23H22N4O. The first kappa shape index (κ1) is 17.9. The minimum absolute atomic E-state index is 0.155. The predicted molar refractivity (Wildman–Crippen MR) is 111 cm³/mol. The summed E-state index contributed by atoms with van der Waals surface area (Å²) in [5, 5.41) is 2.90. The van der Waals surface area contributed by atoms with Gasteiger partial charge in [0.25, 0.3) is 5.91 Å². The zero-order valence-electron chi connectivity index (χ0n) is 15.8. The Kier molecular flexibility index (Phi) is 5.15. The van der Waals surface area contributed by atoms with Gasteiger partial charge in [0, 0.05) is 31.0 Å². The number of hydrogen-bond donors (Lipinski definition) is 1. The molecule has 0 bridgehead atoms. The number of imidazole rings is 1. The quantitative estimate of drug-likeness (QED) is 0.544. The number of nitrogens with one attached hydrogen (secondary N) is 1. The number of pyridine rings is 1. The first-order chi connectivity index (χ1) is 13.7. The average molecular weight is 370 g/mol. The van der Waals surface area contributed by atoms with Crippen molar-refractivity contribution in [1.82, 2.24) is 14.5 Å².